The minimum absolute atomic E-state index is 0.101. The van der Waals surface area contributed by atoms with Gasteiger partial charge in [0.05, 0.1) is 4.92 Å². The number of ether oxygens (including phenoxy) is 1. The van der Waals surface area contributed by atoms with Crippen molar-refractivity contribution < 1.29 is 19.0 Å². The molecule has 0 atom stereocenters. The highest BCUT2D eigenvalue weighted by atomic mass is 16.6. The second-order valence-electron chi connectivity index (χ2n) is 5.68. The first-order chi connectivity index (χ1) is 12.5. The topological polar surface area (TPSA) is 108 Å². The fourth-order valence-corrected chi connectivity index (χ4v) is 2.40. The van der Waals surface area contributed by atoms with E-state index in [1.807, 2.05) is 31.2 Å². The van der Waals surface area contributed by atoms with Crippen LogP contribution < -0.4 is 0 Å². The van der Waals surface area contributed by atoms with Gasteiger partial charge in [0.25, 0.3) is 11.6 Å². The van der Waals surface area contributed by atoms with Gasteiger partial charge in [-0.2, -0.15) is 4.98 Å². The Balaban J connectivity index is 1.72. The fourth-order valence-electron chi connectivity index (χ4n) is 2.40. The largest absolute Gasteiger partial charge is 0.452 e. The van der Waals surface area contributed by atoms with Crippen molar-refractivity contribution in [1.29, 1.82) is 0 Å². The molecule has 2 aromatic carbocycles. The lowest BCUT2D eigenvalue weighted by atomic mass is 10.1. The number of nitro groups is 1. The summed E-state index contributed by atoms with van der Waals surface area (Å²) in [5, 5.41) is 15.0. The highest BCUT2D eigenvalue weighted by molar-refractivity contribution is 5.94. The van der Waals surface area contributed by atoms with E-state index in [1.54, 1.807) is 19.1 Å². The van der Waals surface area contributed by atoms with Gasteiger partial charge in [-0.1, -0.05) is 47.1 Å². The zero-order valence-corrected chi connectivity index (χ0v) is 14.1. The first kappa shape index (κ1) is 17.3. The van der Waals surface area contributed by atoms with Gasteiger partial charge in [0.2, 0.25) is 5.82 Å². The van der Waals surface area contributed by atoms with E-state index in [-0.39, 0.29) is 23.7 Å². The molecule has 0 bridgehead atoms. The van der Waals surface area contributed by atoms with Crippen LogP contribution in [0.3, 0.4) is 0 Å². The van der Waals surface area contributed by atoms with Crippen molar-refractivity contribution in [2.75, 3.05) is 0 Å². The third-order valence-electron chi connectivity index (χ3n) is 3.74. The summed E-state index contributed by atoms with van der Waals surface area (Å²) in [5.41, 5.74) is 1.86. The van der Waals surface area contributed by atoms with Crippen molar-refractivity contribution in [2.24, 2.45) is 0 Å². The van der Waals surface area contributed by atoms with Crippen LogP contribution in [0.15, 0.2) is 47.0 Å². The number of para-hydroxylation sites is 1. The predicted octanol–water partition coefficient (Wildman–Crippen LogP) is 3.62. The van der Waals surface area contributed by atoms with Gasteiger partial charge in [-0.25, -0.2) is 4.79 Å². The molecule has 0 spiro atoms. The van der Waals surface area contributed by atoms with Crippen LogP contribution in [0.25, 0.3) is 11.4 Å². The normalized spacial score (nSPS) is 10.5. The van der Waals surface area contributed by atoms with Crippen LogP contribution in [0.1, 0.15) is 27.4 Å². The van der Waals surface area contributed by atoms with Crippen LogP contribution in [-0.2, 0) is 11.3 Å². The summed E-state index contributed by atoms with van der Waals surface area (Å²) in [5.74, 6) is -0.350. The summed E-state index contributed by atoms with van der Waals surface area (Å²) in [7, 11) is 0. The molecule has 1 heterocycles. The number of nitrogens with zero attached hydrogens (tertiary/aromatic N) is 3. The minimum Gasteiger partial charge on any atom is -0.452 e. The molecular weight excluding hydrogens is 338 g/mol. The van der Waals surface area contributed by atoms with Crippen LogP contribution in [-0.4, -0.2) is 21.0 Å². The lowest BCUT2D eigenvalue weighted by Gasteiger charge is -2.04. The Hall–Kier alpha value is -3.55. The summed E-state index contributed by atoms with van der Waals surface area (Å²) in [6, 6.07) is 12.0. The van der Waals surface area contributed by atoms with Gasteiger partial charge in [0.15, 0.2) is 6.61 Å². The number of aryl methyl sites for hydroxylation is 2. The van der Waals surface area contributed by atoms with E-state index in [0.29, 0.717) is 11.4 Å². The predicted molar refractivity (Wildman–Crippen MR) is 91.4 cm³/mol. The maximum Gasteiger partial charge on any atom is 0.345 e. The first-order valence-corrected chi connectivity index (χ1v) is 7.76. The Kier molecular flexibility index (Phi) is 4.74. The molecule has 0 aliphatic carbocycles. The van der Waals surface area contributed by atoms with Crippen molar-refractivity contribution in [3.05, 3.63) is 75.2 Å². The molecule has 3 rings (SSSR count). The number of esters is 1. The van der Waals surface area contributed by atoms with E-state index in [4.69, 9.17) is 9.26 Å². The summed E-state index contributed by atoms with van der Waals surface area (Å²) >= 11 is 0. The quantitative estimate of drug-likeness (QED) is 0.391. The zero-order chi connectivity index (χ0) is 18.7. The van der Waals surface area contributed by atoms with Crippen LogP contribution in [0.4, 0.5) is 5.69 Å². The molecule has 132 valence electrons. The Morgan fingerprint density at radius 2 is 1.92 bits per heavy atom. The number of benzene rings is 2. The van der Waals surface area contributed by atoms with Crippen LogP contribution in [0.2, 0.25) is 0 Å². The molecule has 0 amide bonds. The SMILES string of the molecule is Cc1ccc(-c2noc(COC(=O)c3cccc(C)c3[N+](=O)[O-])n2)cc1. The van der Waals surface area contributed by atoms with Crippen LogP contribution >= 0.6 is 0 Å². The monoisotopic (exact) mass is 353 g/mol. The third kappa shape index (κ3) is 3.59. The maximum atomic E-state index is 12.2. The molecule has 0 fully saturated rings. The molecule has 8 heteroatoms. The van der Waals surface area contributed by atoms with Gasteiger partial charge in [-0.05, 0) is 19.9 Å². The molecule has 26 heavy (non-hydrogen) atoms. The summed E-state index contributed by atoms with van der Waals surface area (Å²) in [6.07, 6.45) is 0. The molecule has 1 aromatic heterocycles. The average molecular weight is 353 g/mol. The number of hydrogen-bond donors (Lipinski definition) is 0. The smallest absolute Gasteiger partial charge is 0.345 e. The third-order valence-corrected chi connectivity index (χ3v) is 3.74. The Bertz CT molecular complexity index is 963. The van der Waals surface area contributed by atoms with Gasteiger partial charge in [-0.3, -0.25) is 10.1 Å². The lowest BCUT2D eigenvalue weighted by Crippen LogP contribution is -2.09. The van der Waals surface area contributed by atoms with E-state index in [1.165, 1.54) is 6.07 Å². The van der Waals surface area contributed by atoms with Crippen molar-refractivity contribution in [3.8, 4) is 11.4 Å². The molecule has 0 saturated heterocycles. The highest BCUT2D eigenvalue weighted by Gasteiger charge is 2.24. The summed E-state index contributed by atoms with van der Waals surface area (Å²) in [6.45, 7) is 3.25. The second-order valence-corrected chi connectivity index (χ2v) is 5.68. The molecule has 0 unspecified atom stereocenters. The minimum atomic E-state index is -0.824. The van der Waals surface area contributed by atoms with Crippen LogP contribution in [0.5, 0.6) is 0 Å². The number of carbonyl (C=O) groups is 1. The van der Waals surface area contributed by atoms with Gasteiger partial charge in [-0.15, -0.1) is 0 Å². The summed E-state index contributed by atoms with van der Waals surface area (Å²) < 4.78 is 10.2. The average Bonchev–Trinajstić information content (AvgIpc) is 3.08. The Morgan fingerprint density at radius 3 is 2.62 bits per heavy atom. The van der Waals surface area contributed by atoms with Crippen molar-refractivity contribution in [3.63, 3.8) is 0 Å². The molecule has 0 N–H and O–H groups in total. The zero-order valence-electron chi connectivity index (χ0n) is 14.1. The van der Waals surface area contributed by atoms with Gasteiger partial charge in [0.1, 0.15) is 5.56 Å². The summed E-state index contributed by atoms with van der Waals surface area (Å²) in [4.78, 5) is 26.9. The van der Waals surface area contributed by atoms with E-state index in [2.05, 4.69) is 10.1 Å². The van der Waals surface area contributed by atoms with Crippen molar-refractivity contribution >= 4 is 11.7 Å². The van der Waals surface area contributed by atoms with Crippen molar-refractivity contribution in [2.45, 2.75) is 20.5 Å². The Morgan fingerprint density at radius 1 is 1.19 bits per heavy atom. The van der Waals surface area contributed by atoms with Gasteiger partial charge >= 0.3 is 5.97 Å². The van der Waals surface area contributed by atoms with E-state index >= 15 is 0 Å². The molecule has 0 aliphatic rings. The fraction of sp³-hybridized carbons (Fsp3) is 0.167. The molecule has 3 aromatic rings. The number of hydrogen-bond acceptors (Lipinski definition) is 7. The Labute approximate surface area is 148 Å². The van der Waals surface area contributed by atoms with Gasteiger partial charge < -0.3 is 9.26 Å². The van der Waals surface area contributed by atoms with E-state index in [0.717, 1.165) is 11.1 Å². The highest BCUT2D eigenvalue weighted by Crippen LogP contribution is 2.24. The second kappa shape index (κ2) is 7.14. The maximum absolute atomic E-state index is 12.2. The van der Waals surface area contributed by atoms with Gasteiger partial charge in [0, 0.05) is 11.1 Å². The standard InChI is InChI=1S/C18H15N3O5/c1-11-6-8-13(9-7-11)17-19-15(26-20-17)10-25-18(22)14-5-3-4-12(2)16(14)21(23)24/h3-9H,10H2,1-2H3. The molecular formula is C18H15N3O5. The number of aromatic nitrogens is 2. The van der Waals surface area contributed by atoms with E-state index in [9.17, 15) is 14.9 Å². The molecule has 0 aliphatic heterocycles. The number of carbonyl (C=O) groups excluding carboxylic acids is 1. The first-order valence-electron chi connectivity index (χ1n) is 7.76. The number of rotatable bonds is 5. The van der Waals surface area contributed by atoms with Crippen LogP contribution in [0, 0.1) is 24.0 Å². The molecule has 0 radical (unpaired) electrons. The van der Waals surface area contributed by atoms with E-state index < -0.39 is 10.9 Å². The lowest BCUT2D eigenvalue weighted by molar-refractivity contribution is -0.385. The molecule has 8 nitrogen and oxygen atoms in total. The number of nitro benzene ring substituents is 1. The molecule has 0 saturated carbocycles. The van der Waals surface area contributed by atoms with Crippen molar-refractivity contribution in [1.82, 2.24) is 10.1 Å².